The highest BCUT2D eigenvalue weighted by Crippen LogP contribution is 2.20. The van der Waals surface area contributed by atoms with Crippen LogP contribution in [0.15, 0.2) is 66.1 Å². The number of hydrogen-bond acceptors (Lipinski definition) is 5. The van der Waals surface area contributed by atoms with Crippen molar-refractivity contribution in [2.45, 2.75) is 17.9 Å². The quantitative estimate of drug-likeness (QED) is 0.673. The Hall–Kier alpha value is -3.27. The van der Waals surface area contributed by atoms with Gasteiger partial charge in [-0.05, 0) is 43.3 Å². The van der Waals surface area contributed by atoms with Gasteiger partial charge >= 0.3 is 0 Å². The second-order valence-corrected chi connectivity index (χ2v) is 7.30. The molecule has 140 valence electrons. The van der Waals surface area contributed by atoms with Gasteiger partial charge in [-0.2, -0.15) is 5.10 Å². The fourth-order valence-corrected chi connectivity index (χ4v) is 3.42. The first kappa shape index (κ1) is 18.5. The van der Waals surface area contributed by atoms with Crippen LogP contribution in [0.25, 0.3) is 0 Å². The zero-order valence-electron chi connectivity index (χ0n) is 14.2. The molecule has 1 heterocycles. The predicted octanol–water partition coefficient (Wildman–Crippen LogP) is 2.42. The SMILES string of the molecule is CC(C(=O)Nc1ccc(NS(=O)(=O)c2ccccc2F)cc1)n1cncn1. The van der Waals surface area contributed by atoms with E-state index in [1.165, 1.54) is 59.8 Å². The number of anilines is 2. The highest BCUT2D eigenvalue weighted by molar-refractivity contribution is 7.92. The summed E-state index contributed by atoms with van der Waals surface area (Å²) in [5.41, 5.74) is 0.710. The van der Waals surface area contributed by atoms with E-state index in [-0.39, 0.29) is 11.6 Å². The van der Waals surface area contributed by atoms with Crippen LogP contribution in [-0.2, 0) is 14.8 Å². The molecule has 0 saturated carbocycles. The van der Waals surface area contributed by atoms with Gasteiger partial charge in [0.15, 0.2) is 0 Å². The molecule has 2 aromatic carbocycles. The molecule has 0 spiro atoms. The summed E-state index contributed by atoms with van der Waals surface area (Å²) < 4.78 is 42.0. The third kappa shape index (κ3) is 4.29. The van der Waals surface area contributed by atoms with Crippen molar-refractivity contribution < 1.29 is 17.6 Å². The molecular weight excluding hydrogens is 373 g/mol. The first-order valence-electron chi connectivity index (χ1n) is 7.89. The largest absolute Gasteiger partial charge is 0.324 e. The third-order valence-electron chi connectivity index (χ3n) is 3.74. The van der Waals surface area contributed by atoms with Gasteiger partial charge in [0.1, 0.15) is 29.4 Å². The van der Waals surface area contributed by atoms with E-state index < -0.39 is 26.8 Å². The summed E-state index contributed by atoms with van der Waals surface area (Å²) in [7, 11) is -4.05. The third-order valence-corrected chi connectivity index (χ3v) is 5.16. The molecular formula is C17H16FN5O3S. The smallest absolute Gasteiger partial charge is 0.264 e. The summed E-state index contributed by atoms with van der Waals surface area (Å²) in [5, 5.41) is 6.60. The molecule has 0 aliphatic heterocycles. The number of sulfonamides is 1. The molecule has 0 bridgehead atoms. The van der Waals surface area contributed by atoms with Gasteiger partial charge in [-0.1, -0.05) is 12.1 Å². The van der Waals surface area contributed by atoms with Gasteiger partial charge in [-0.15, -0.1) is 0 Å². The molecule has 1 atom stereocenters. The molecule has 27 heavy (non-hydrogen) atoms. The Morgan fingerprint density at radius 2 is 1.78 bits per heavy atom. The van der Waals surface area contributed by atoms with Crippen LogP contribution in [-0.4, -0.2) is 29.1 Å². The second kappa shape index (κ2) is 7.54. The highest BCUT2D eigenvalue weighted by Gasteiger charge is 2.19. The number of nitrogens with one attached hydrogen (secondary N) is 2. The number of amides is 1. The minimum Gasteiger partial charge on any atom is -0.324 e. The van der Waals surface area contributed by atoms with Crippen molar-refractivity contribution in [3.8, 4) is 0 Å². The Balaban J connectivity index is 1.69. The summed E-state index contributed by atoms with van der Waals surface area (Å²) in [4.78, 5) is 15.5. The number of carbonyl (C=O) groups is 1. The fraction of sp³-hybridized carbons (Fsp3) is 0.118. The van der Waals surface area contributed by atoms with Crippen LogP contribution < -0.4 is 10.0 Å². The summed E-state index contributed by atoms with van der Waals surface area (Å²) >= 11 is 0. The Bertz CT molecular complexity index is 1040. The monoisotopic (exact) mass is 389 g/mol. The number of nitrogens with zero attached hydrogens (tertiary/aromatic N) is 3. The standard InChI is InChI=1S/C17H16FN5O3S/c1-12(23-11-19-10-20-23)17(24)21-13-6-8-14(9-7-13)22-27(25,26)16-5-3-2-4-15(16)18/h2-12,22H,1H3,(H,21,24). The molecule has 0 saturated heterocycles. The van der Waals surface area contributed by atoms with Gasteiger partial charge in [0.25, 0.3) is 10.0 Å². The van der Waals surface area contributed by atoms with Crippen molar-refractivity contribution in [3.05, 3.63) is 67.0 Å². The minimum atomic E-state index is -4.05. The maximum atomic E-state index is 13.7. The van der Waals surface area contributed by atoms with E-state index in [1.807, 2.05) is 0 Å². The van der Waals surface area contributed by atoms with E-state index in [2.05, 4.69) is 20.1 Å². The average molecular weight is 389 g/mol. The van der Waals surface area contributed by atoms with Crippen molar-refractivity contribution in [2.75, 3.05) is 10.0 Å². The van der Waals surface area contributed by atoms with Crippen LogP contribution in [0, 0.1) is 5.82 Å². The first-order valence-corrected chi connectivity index (χ1v) is 9.37. The van der Waals surface area contributed by atoms with Crippen LogP contribution in [0.3, 0.4) is 0 Å². The maximum absolute atomic E-state index is 13.7. The number of carbonyl (C=O) groups excluding carboxylic acids is 1. The molecule has 1 amide bonds. The summed E-state index contributed by atoms with van der Waals surface area (Å²) in [6, 6.07) is 10.5. The van der Waals surface area contributed by atoms with E-state index in [9.17, 15) is 17.6 Å². The highest BCUT2D eigenvalue weighted by atomic mass is 32.2. The molecule has 0 radical (unpaired) electrons. The predicted molar refractivity (Wildman–Crippen MR) is 97.0 cm³/mol. The summed E-state index contributed by atoms with van der Waals surface area (Å²) in [6.07, 6.45) is 2.77. The molecule has 8 nitrogen and oxygen atoms in total. The number of aromatic nitrogens is 3. The molecule has 10 heteroatoms. The van der Waals surface area contributed by atoms with Crippen LogP contribution in [0.1, 0.15) is 13.0 Å². The molecule has 0 aliphatic carbocycles. The lowest BCUT2D eigenvalue weighted by molar-refractivity contribution is -0.119. The number of hydrogen-bond donors (Lipinski definition) is 2. The van der Waals surface area contributed by atoms with Crippen molar-refractivity contribution in [2.24, 2.45) is 0 Å². The van der Waals surface area contributed by atoms with Gasteiger partial charge in [0.2, 0.25) is 5.91 Å². The number of benzene rings is 2. The van der Waals surface area contributed by atoms with Gasteiger partial charge < -0.3 is 5.32 Å². The zero-order chi connectivity index (χ0) is 19.4. The van der Waals surface area contributed by atoms with Crippen molar-refractivity contribution in [1.29, 1.82) is 0 Å². The molecule has 0 fully saturated rings. The van der Waals surface area contributed by atoms with Crippen LogP contribution in [0.5, 0.6) is 0 Å². The second-order valence-electron chi connectivity index (χ2n) is 5.65. The Morgan fingerprint density at radius 1 is 1.11 bits per heavy atom. The normalized spacial score (nSPS) is 12.4. The number of rotatable bonds is 6. The van der Waals surface area contributed by atoms with Gasteiger partial charge in [0.05, 0.1) is 0 Å². The zero-order valence-corrected chi connectivity index (χ0v) is 15.0. The number of halogens is 1. The Kier molecular flexibility index (Phi) is 5.17. The van der Waals surface area contributed by atoms with Gasteiger partial charge in [-0.25, -0.2) is 22.5 Å². The van der Waals surface area contributed by atoms with E-state index in [4.69, 9.17) is 0 Å². The molecule has 1 aromatic heterocycles. The molecule has 3 rings (SSSR count). The van der Waals surface area contributed by atoms with Crippen LogP contribution >= 0.6 is 0 Å². The van der Waals surface area contributed by atoms with E-state index in [0.717, 1.165) is 6.07 Å². The molecule has 3 aromatic rings. The maximum Gasteiger partial charge on any atom is 0.264 e. The lowest BCUT2D eigenvalue weighted by atomic mass is 10.2. The Labute approximate surface area is 155 Å². The molecule has 2 N–H and O–H groups in total. The van der Waals surface area contributed by atoms with Gasteiger partial charge in [0, 0.05) is 11.4 Å². The first-order chi connectivity index (χ1) is 12.9. The van der Waals surface area contributed by atoms with E-state index >= 15 is 0 Å². The van der Waals surface area contributed by atoms with E-state index in [1.54, 1.807) is 6.92 Å². The minimum absolute atomic E-state index is 0.237. The average Bonchev–Trinajstić information content (AvgIpc) is 3.17. The van der Waals surface area contributed by atoms with Crippen molar-refractivity contribution >= 4 is 27.3 Å². The van der Waals surface area contributed by atoms with E-state index in [0.29, 0.717) is 5.69 Å². The van der Waals surface area contributed by atoms with Crippen LogP contribution in [0.2, 0.25) is 0 Å². The summed E-state index contributed by atoms with van der Waals surface area (Å²) in [5.74, 6) is -1.14. The van der Waals surface area contributed by atoms with Crippen LogP contribution in [0.4, 0.5) is 15.8 Å². The van der Waals surface area contributed by atoms with Crippen molar-refractivity contribution in [3.63, 3.8) is 0 Å². The lowest BCUT2D eigenvalue weighted by Gasteiger charge is -2.13. The lowest BCUT2D eigenvalue weighted by Crippen LogP contribution is -2.24. The Morgan fingerprint density at radius 3 is 2.41 bits per heavy atom. The molecule has 0 aliphatic rings. The molecule has 1 unspecified atom stereocenters. The fourth-order valence-electron chi connectivity index (χ4n) is 2.28. The van der Waals surface area contributed by atoms with Crippen molar-refractivity contribution in [1.82, 2.24) is 14.8 Å². The van der Waals surface area contributed by atoms with Gasteiger partial charge in [-0.3, -0.25) is 9.52 Å². The summed E-state index contributed by atoms with van der Waals surface area (Å²) in [6.45, 7) is 1.67. The topological polar surface area (TPSA) is 106 Å².